The number of piperidine rings is 1. The van der Waals surface area contributed by atoms with Crippen LogP contribution in [0.2, 0.25) is 0 Å². The van der Waals surface area contributed by atoms with Crippen LogP contribution >= 0.6 is 15.9 Å². The molecular formula is C13H23BrN2O3. The zero-order chi connectivity index (χ0) is 14.4. The second-order valence-electron chi connectivity index (χ2n) is 5.11. The molecule has 0 saturated carbocycles. The van der Waals surface area contributed by atoms with E-state index in [-0.39, 0.29) is 28.8 Å². The topological polar surface area (TPSA) is 58.6 Å². The average molecular weight is 335 g/mol. The van der Waals surface area contributed by atoms with Gasteiger partial charge in [0.2, 0.25) is 5.91 Å². The van der Waals surface area contributed by atoms with Crippen LogP contribution in [0.1, 0.15) is 33.6 Å². The number of nitrogens with zero attached hydrogens (tertiary/aromatic N) is 1. The molecule has 0 bridgehead atoms. The molecule has 1 aliphatic rings. The minimum atomic E-state index is -0.257. The molecule has 5 nitrogen and oxygen atoms in total. The Morgan fingerprint density at radius 3 is 2.42 bits per heavy atom. The highest BCUT2D eigenvalue weighted by Crippen LogP contribution is 2.15. The molecule has 0 spiro atoms. The lowest BCUT2D eigenvalue weighted by Crippen LogP contribution is -2.48. The molecule has 1 heterocycles. The summed E-state index contributed by atoms with van der Waals surface area (Å²) in [4.78, 5) is 25.0. The summed E-state index contributed by atoms with van der Waals surface area (Å²) in [6, 6.07) is 0.150. The summed E-state index contributed by atoms with van der Waals surface area (Å²) in [5.74, 6) is 0.296. The van der Waals surface area contributed by atoms with Crippen molar-refractivity contribution < 1.29 is 14.3 Å². The Bertz CT molecular complexity index is 315. The fraction of sp³-hybridized carbons (Fsp3) is 0.846. The van der Waals surface area contributed by atoms with Gasteiger partial charge in [-0.3, -0.25) is 4.79 Å². The van der Waals surface area contributed by atoms with Crippen molar-refractivity contribution >= 4 is 27.9 Å². The van der Waals surface area contributed by atoms with Crippen molar-refractivity contribution in [3.05, 3.63) is 0 Å². The van der Waals surface area contributed by atoms with E-state index < -0.39 is 0 Å². The predicted molar refractivity (Wildman–Crippen MR) is 77.3 cm³/mol. The SMILES string of the molecule is CCOC(=O)N1CCC(NC(=O)C(Br)C(C)C)CC1. The summed E-state index contributed by atoms with van der Waals surface area (Å²) in [6.07, 6.45) is 1.30. The van der Waals surface area contributed by atoms with Crippen molar-refractivity contribution in [3.8, 4) is 0 Å². The number of ether oxygens (including phenoxy) is 1. The van der Waals surface area contributed by atoms with E-state index in [0.29, 0.717) is 19.7 Å². The molecule has 0 aromatic carbocycles. The zero-order valence-corrected chi connectivity index (χ0v) is 13.4. The Morgan fingerprint density at radius 1 is 1.37 bits per heavy atom. The first-order chi connectivity index (χ1) is 8.95. The fourth-order valence-electron chi connectivity index (χ4n) is 2.00. The fourth-order valence-corrected chi connectivity index (χ4v) is 2.14. The number of likely N-dealkylation sites (tertiary alicyclic amines) is 1. The van der Waals surface area contributed by atoms with E-state index in [1.165, 1.54) is 0 Å². The van der Waals surface area contributed by atoms with Gasteiger partial charge < -0.3 is 15.0 Å². The number of carbonyl (C=O) groups is 2. The lowest BCUT2D eigenvalue weighted by atomic mass is 10.0. The molecule has 0 aliphatic carbocycles. The third kappa shape index (κ3) is 5.01. The monoisotopic (exact) mass is 334 g/mol. The first kappa shape index (κ1) is 16.3. The molecular weight excluding hydrogens is 312 g/mol. The summed E-state index contributed by atoms with van der Waals surface area (Å²) in [5.41, 5.74) is 0. The molecule has 19 heavy (non-hydrogen) atoms. The van der Waals surface area contributed by atoms with Gasteiger partial charge in [-0.1, -0.05) is 29.8 Å². The molecule has 0 radical (unpaired) electrons. The predicted octanol–water partition coefficient (Wildman–Crippen LogP) is 2.14. The van der Waals surface area contributed by atoms with E-state index in [4.69, 9.17) is 4.74 Å². The van der Waals surface area contributed by atoms with Gasteiger partial charge in [0.25, 0.3) is 0 Å². The Labute approximate surface area is 123 Å². The van der Waals surface area contributed by atoms with Gasteiger partial charge in [-0.2, -0.15) is 0 Å². The molecule has 1 rings (SSSR count). The first-order valence-corrected chi connectivity index (χ1v) is 7.73. The molecule has 0 aromatic heterocycles. The largest absolute Gasteiger partial charge is 0.450 e. The van der Waals surface area contributed by atoms with Gasteiger partial charge in [0.05, 0.1) is 11.4 Å². The maximum atomic E-state index is 11.9. The number of rotatable bonds is 4. The molecule has 1 aliphatic heterocycles. The highest BCUT2D eigenvalue weighted by atomic mass is 79.9. The van der Waals surface area contributed by atoms with E-state index in [1.807, 2.05) is 13.8 Å². The van der Waals surface area contributed by atoms with Gasteiger partial charge in [0, 0.05) is 19.1 Å². The van der Waals surface area contributed by atoms with Crippen LogP contribution in [0.4, 0.5) is 4.79 Å². The second-order valence-corrected chi connectivity index (χ2v) is 6.10. The van der Waals surface area contributed by atoms with Gasteiger partial charge in [-0.15, -0.1) is 0 Å². The number of alkyl halides is 1. The molecule has 2 amide bonds. The quantitative estimate of drug-likeness (QED) is 0.801. The van der Waals surface area contributed by atoms with Gasteiger partial charge >= 0.3 is 6.09 Å². The number of hydrogen-bond acceptors (Lipinski definition) is 3. The summed E-state index contributed by atoms with van der Waals surface area (Å²) < 4.78 is 4.96. The van der Waals surface area contributed by atoms with Crippen molar-refractivity contribution in [1.29, 1.82) is 0 Å². The van der Waals surface area contributed by atoms with Gasteiger partial charge in [0.1, 0.15) is 0 Å². The highest BCUT2D eigenvalue weighted by Gasteiger charge is 2.26. The van der Waals surface area contributed by atoms with Crippen LogP contribution < -0.4 is 5.32 Å². The molecule has 6 heteroatoms. The molecule has 1 unspecified atom stereocenters. The van der Waals surface area contributed by atoms with E-state index in [0.717, 1.165) is 12.8 Å². The number of halogens is 1. The summed E-state index contributed by atoms with van der Waals surface area (Å²) >= 11 is 3.39. The molecule has 1 N–H and O–H groups in total. The van der Waals surface area contributed by atoms with E-state index in [9.17, 15) is 9.59 Å². The summed E-state index contributed by atoms with van der Waals surface area (Å²) in [7, 11) is 0. The van der Waals surface area contributed by atoms with Crippen molar-refractivity contribution in [3.63, 3.8) is 0 Å². The highest BCUT2D eigenvalue weighted by molar-refractivity contribution is 9.10. The average Bonchev–Trinajstić information content (AvgIpc) is 2.38. The van der Waals surface area contributed by atoms with E-state index in [1.54, 1.807) is 11.8 Å². The number of amides is 2. The third-order valence-corrected chi connectivity index (χ3v) is 4.68. The van der Waals surface area contributed by atoms with Gasteiger partial charge in [0.15, 0.2) is 0 Å². The van der Waals surface area contributed by atoms with Crippen LogP contribution in [0, 0.1) is 5.92 Å². The van der Waals surface area contributed by atoms with Crippen molar-refractivity contribution in [2.75, 3.05) is 19.7 Å². The molecule has 1 saturated heterocycles. The minimum Gasteiger partial charge on any atom is -0.450 e. The Balaban J connectivity index is 2.34. The first-order valence-electron chi connectivity index (χ1n) is 6.81. The summed E-state index contributed by atoms with van der Waals surface area (Å²) in [5, 5.41) is 3.03. The maximum absolute atomic E-state index is 11.9. The summed E-state index contributed by atoms with van der Waals surface area (Å²) in [6.45, 7) is 7.48. The van der Waals surface area contributed by atoms with Gasteiger partial charge in [-0.05, 0) is 25.7 Å². The van der Waals surface area contributed by atoms with E-state index >= 15 is 0 Å². The molecule has 0 aromatic rings. The number of nitrogens with one attached hydrogen (secondary N) is 1. The maximum Gasteiger partial charge on any atom is 0.409 e. The Kier molecular flexibility index (Phi) is 6.62. The van der Waals surface area contributed by atoms with Crippen LogP contribution in [0.25, 0.3) is 0 Å². The standard InChI is InChI=1S/C13H23BrN2O3/c1-4-19-13(18)16-7-5-10(6-8-16)15-12(17)11(14)9(2)3/h9-11H,4-8H2,1-3H3,(H,15,17). The number of carbonyl (C=O) groups excluding carboxylic acids is 2. The lowest BCUT2D eigenvalue weighted by molar-refractivity contribution is -0.122. The van der Waals surface area contributed by atoms with Crippen LogP contribution in [0.15, 0.2) is 0 Å². The normalized spacial score (nSPS) is 18.3. The minimum absolute atomic E-state index is 0.0320. The van der Waals surface area contributed by atoms with Crippen molar-refractivity contribution in [2.24, 2.45) is 5.92 Å². The zero-order valence-electron chi connectivity index (χ0n) is 11.8. The van der Waals surface area contributed by atoms with Crippen LogP contribution in [0.3, 0.4) is 0 Å². The van der Waals surface area contributed by atoms with Crippen LogP contribution in [-0.4, -0.2) is 47.5 Å². The molecule has 1 fully saturated rings. The molecule has 110 valence electrons. The van der Waals surface area contributed by atoms with Crippen molar-refractivity contribution in [2.45, 2.75) is 44.5 Å². The second kappa shape index (κ2) is 7.72. The Morgan fingerprint density at radius 2 is 1.95 bits per heavy atom. The number of hydrogen-bond donors (Lipinski definition) is 1. The smallest absolute Gasteiger partial charge is 0.409 e. The van der Waals surface area contributed by atoms with Crippen LogP contribution in [-0.2, 0) is 9.53 Å². The van der Waals surface area contributed by atoms with Crippen LogP contribution in [0.5, 0.6) is 0 Å². The Hall–Kier alpha value is -0.780. The van der Waals surface area contributed by atoms with E-state index in [2.05, 4.69) is 21.2 Å². The van der Waals surface area contributed by atoms with Gasteiger partial charge in [-0.25, -0.2) is 4.79 Å². The lowest BCUT2D eigenvalue weighted by Gasteiger charge is -2.32. The van der Waals surface area contributed by atoms with Crippen molar-refractivity contribution in [1.82, 2.24) is 10.2 Å². The molecule has 1 atom stereocenters. The third-order valence-electron chi connectivity index (χ3n) is 3.20.